The number of carbonyl (C=O) groups is 3. The van der Waals surface area contributed by atoms with Gasteiger partial charge in [0.25, 0.3) is 0 Å². The number of nitrogens with one attached hydrogen (secondary N) is 1. The van der Waals surface area contributed by atoms with Crippen molar-refractivity contribution in [1.29, 1.82) is 0 Å². The van der Waals surface area contributed by atoms with E-state index in [1.807, 2.05) is 32.9 Å². The molecule has 1 N–H and O–H groups in total. The fourth-order valence-electron chi connectivity index (χ4n) is 3.29. The normalized spacial score (nSPS) is 10.4. The first-order chi connectivity index (χ1) is 13.6. The van der Waals surface area contributed by atoms with E-state index in [2.05, 4.69) is 5.32 Å². The second kappa shape index (κ2) is 9.37. The molecule has 6 heteroatoms. The summed E-state index contributed by atoms with van der Waals surface area (Å²) in [5.41, 5.74) is 5.00. The lowest BCUT2D eigenvalue weighted by atomic mass is 10.0. The van der Waals surface area contributed by atoms with Gasteiger partial charge in [-0.05, 0) is 57.0 Å². The predicted molar refractivity (Wildman–Crippen MR) is 114 cm³/mol. The highest BCUT2D eigenvalue weighted by molar-refractivity contribution is 5.96. The van der Waals surface area contributed by atoms with Crippen molar-refractivity contribution in [2.24, 2.45) is 0 Å². The van der Waals surface area contributed by atoms with E-state index in [1.54, 1.807) is 25.2 Å². The van der Waals surface area contributed by atoms with Gasteiger partial charge in [-0.25, -0.2) is 0 Å². The van der Waals surface area contributed by atoms with Crippen molar-refractivity contribution < 1.29 is 19.1 Å². The summed E-state index contributed by atoms with van der Waals surface area (Å²) in [6.07, 6.45) is 0.0384. The molecule has 0 bridgehead atoms. The number of benzene rings is 2. The molecule has 2 rings (SSSR count). The number of anilines is 1. The van der Waals surface area contributed by atoms with Gasteiger partial charge < -0.3 is 15.0 Å². The molecule has 29 heavy (non-hydrogen) atoms. The van der Waals surface area contributed by atoms with Crippen LogP contribution in [0.15, 0.2) is 30.3 Å². The molecule has 0 aliphatic rings. The largest absolute Gasteiger partial charge is 0.496 e. The molecule has 0 aliphatic heterocycles. The zero-order valence-electron chi connectivity index (χ0n) is 17.9. The van der Waals surface area contributed by atoms with Gasteiger partial charge >= 0.3 is 0 Å². The lowest BCUT2D eigenvalue weighted by Crippen LogP contribution is -2.36. The Balaban J connectivity index is 2.07. The lowest BCUT2D eigenvalue weighted by Gasteiger charge is -2.19. The number of methoxy groups -OCH3 is 1. The maximum absolute atomic E-state index is 12.6. The van der Waals surface area contributed by atoms with Crippen molar-refractivity contribution in [2.45, 2.75) is 34.1 Å². The van der Waals surface area contributed by atoms with Crippen LogP contribution < -0.4 is 10.1 Å². The van der Waals surface area contributed by atoms with Crippen LogP contribution in [-0.4, -0.2) is 43.2 Å². The zero-order chi connectivity index (χ0) is 21.7. The Morgan fingerprint density at radius 1 is 1.03 bits per heavy atom. The van der Waals surface area contributed by atoms with Gasteiger partial charge in [-0.15, -0.1) is 0 Å². The fraction of sp³-hybridized carbons (Fsp3) is 0.348. The van der Waals surface area contributed by atoms with Crippen LogP contribution in [0.3, 0.4) is 0 Å². The Labute approximate surface area is 171 Å². The number of Topliss-reactive ketones (excluding diaryl/α,β-unsaturated/α-hetero) is 1. The smallest absolute Gasteiger partial charge is 0.243 e. The summed E-state index contributed by atoms with van der Waals surface area (Å²) in [4.78, 5) is 38.1. The Kier molecular flexibility index (Phi) is 7.15. The quantitative estimate of drug-likeness (QED) is 0.727. The van der Waals surface area contributed by atoms with Crippen LogP contribution in [0.5, 0.6) is 5.75 Å². The predicted octanol–water partition coefficient (Wildman–Crippen LogP) is 3.46. The standard InChI is InChI=1S/C23H28N2O4/c1-14-9-15(2)23(16(3)10-14)24-21(27)13-25(5)22(28)12-19-11-18(17(4)26)7-8-20(19)29-6/h7-11H,12-13H2,1-6H3,(H,24,27). The molecule has 2 amide bonds. The van der Waals surface area contributed by atoms with E-state index in [0.717, 1.165) is 22.4 Å². The molecule has 154 valence electrons. The highest BCUT2D eigenvalue weighted by Crippen LogP contribution is 2.23. The Morgan fingerprint density at radius 3 is 2.21 bits per heavy atom. The summed E-state index contributed by atoms with van der Waals surface area (Å²) in [7, 11) is 3.10. The second-order valence-electron chi connectivity index (χ2n) is 7.33. The second-order valence-corrected chi connectivity index (χ2v) is 7.33. The van der Waals surface area contributed by atoms with Crippen LogP contribution in [0, 0.1) is 20.8 Å². The molecule has 0 radical (unpaired) electrons. The Bertz CT molecular complexity index is 927. The van der Waals surface area contributed by atoms with E-state index in [0.29, 0.717) is 16.9 Å². The molecule has 6 nitrogen and oxygen atoms in total. The van der Waals surface area contributed by atoms with Gasteiger partial charge in [0, 0.05) is 23.9 Å². The average molecular weight is 396 g/mol. The van der Waals surface area contributed by atoms with E-state index < -0.39 is 0 Å². The number of hydrogen-bond donors (Lipinski definition) is 1. The number of nitrogens with zero attached hydrogens (tertiary/aromatic N) is 1. The first-order valence-corrected chi connectivity index (χ1v) is 9.42. The molecule has 0 fully saturated rings. The van der Waals surface area contributed by atoms with Crippen molar-refractivity contribution in [3.05, 3.63) is 58.1 Å². The highest BCUT2D eigenvalue weighted by atomic mass is 16.5. The summed E-state index contributed by atoms with van der Waals surface area (Å²) >= 11 is 0. The summed E-state index contributed by atoms with van der Waals surface area (Å²) in [5, 5.41) is 2.90. The number of rotatable bonds is 7. The third kappa shape index (κ3) is 5.67. The molecular weight excluding hydrogens is 368 g/mol. The molecule has 2 aromatic rings. The number of ether oxygens (including phenoxy) is 1. The van der Waals surface area contributed by atoms with Crippen LogP contribution in [-0.2, 0) is 16.0 Å². The maximum atomic E-state index is 12.6. The third-order valence-corrected chi connectivity index (χ3v) is 4.78. The van der Waals surface area contributed by atoms with Crippen LogP contribution in [0.25, 0.3) is 0 Å². The van der Waals surface area contributed by atoms with Gasteiger partial charge in [0.15, 0.2) is 5.78 Å². The van der Waals surface area contributed by atoms with E-state index in [9.17, 15) is 14.4 Å². The Morgan fingerprint density at radius 2 is 1.66 bits per heavy atom. The number of likely N-dealkylation sites (N-methyl/N-ethyl adjacent to an activating group) is 1. The third-order valence-electron chi connectivity index (χ3n) is 4.78. The lowest BCUT2D eigenvalue weighted by molar-refractivity contribution is -0.132. The molecule has 2 aromatic carbocycles. The van der Waals surface area contributed by atoms with Crippen LogP contribution in [0.4, 0.5) is 5.69 Å². The van der Waals surface area contributed by atoms with Crippen LogP contribution >= 0.6 is 0 Å². The highest BCUT2D eigenvalue weighted by Gasteiger charge is 2.18. The minimum absolute atomic E-state index is 0.0384. The van der Waals surface area contributed by atoms with E-state index in [-0.39, 0.29) is 30.6 Å². The number of aryl methyl sites for hydroxylation is 3. The van der Waals surface area contributed by atoms with Crippen molar-refractivity contribution >= 4 is 23.3 Å². The fourth-order valence-corrected chi connectivity index (χ4v) is 3.29. The molecule has 0 saturated carbocycles. The van der Waals surface area contributed by atoms with E-state index >= 15 is 0 Å². The summed E-state index contributed by atoms with van der Waals surface area (Å²) in [6.45, 7) is 7.30. The molecule has 0 aromatic heterocycles. The van der Waals surface area contributed by atoms with Crippen molar-refractivity contribution in [3.8, 4) is 5.75 Å². The molecule has 0 heterocycles. The van der Waals surface area contributed by atoms with Gasteiger partial charge in [-0.2, -0.15) is 0 Å². The zero-order valence-corrected chi connectivity index (χ0v) is 17.9. The van der Waals surface area contributed by atoms with Crippen LogP contribution in [0.2, 0.25) is 0 Å². The minimum Gasteiger partial charge on any atom is -0.496 e. The van der Waals surface area contributed by atoms with Gasteiger partial charge in [0.1, 0.15) is 5.75 Å². The SMILES string of the molecule is COc1ccc(C(C)=O)cc1CC(=O)N(C)CC(=O)Nc1c(C)cc(C)cc1C. The Hall–Kier alpha value is -3.15. The number of carbonyl (C=O) groups excluding carboxylic acids is 3. The molecule has 0 atom stereocenters. The topological polar surface area (TPSA) is 75.7 Å². The van der Waals surface area contributed by atoms with Gasteiger partial charge in [0.2, 0.25) is 11.8 Å². The molecular formula is C23H28N2O4. The van der Waals surface area contributed by atoms with Gasteiger partial charge in [-0.3, -0.25) is 14.4 Å². The van der Waals surface area contributed by atoms with Crippen LogP contribution in [0.1, 0.15) is 39.5 Å². The van der Waals surface area contributed by atoms with Gasteiger partial charge in [0.05, 0.1) is 20.1 Å². The molecule has 0 saturated heterocycles. The summed E-state index contributed by atoms with van der Waals surface area (Å²) in [5.74, 6) is -0.0538. The van der Waals surface area contributed by atoms with Crippen molar-refractivity contribution in [3.63, 3.8) is 0 Å². The van der Waals surface area contributed by atoms with Crippen molar-refractivity contribution in [2.75, 3.05) is 26.0 Å². The monoisotopic (exact) mass is 396 g/mol. The first-order valence-electron chi connectivity index (χ1n) is 9.42. The minimum atomic E-state index is -0.264. The summed E-state index contributed by atoms with van der Waals surface area (Å²) < 4.78 is 5.30. The first kappa shape index (κ1) is 22.1. The maximum Gasteiger partial charge on any atom is 0.243 e. The van der Waals surface area contributed by atoms with E-state index in [4.69, 9.17) is 4.74 Å². The number of ketones is 1. The molecule has 0 unspecified atom stereocenters. The summed E-state index contributed by atoms with van der Waals surface area (Å²) in [6, 6.07) is 9.01. The number of hydrogen-bond acceptors (Lipinski definition) is 4. The molecule has 0 spiro atoms. The van der Waals surface area contributed by atoms with E-state index in [1.165, 1.54) is 18.9 Å². The average Bonchev–Trinajstić information content (AvgIpc) is 2.64. The molecule has 0 aliphatic carbocycles. The number of amides is 2. The van der Waals surface area contributed by atoms with Gasteiger partial charge in [-0.1, -0.05) is 17.7 Å². The van der Waals surface area contributed by atoms with Crippen molar-refractivity contribution in [1.82, 2.24) is 4.90 Å².